The summed E-state index contributed by atoms with van der Waals surface area (Å²) < 4.78 is 0. The Hall–Kier alpha value is -3.75. The number of nitrogens with one attached hydrogen (secondary N) is 1. The first-order valence-electron chi connectivity index (χ1n) is 9.16. The number of oxime groups is 1. The van der Waals surface area contributed by atoms with Crippen molar-refractivity contribution >= 4 is 23.5 Å². The van der Waals surface area contributed by atoms with Crippen LogP contribution in [0.3, 0.4) is 0 Å². The summed E-state index contributed by atoms with van der Waals surface area (Å²) in [5.74, 6) is 0.487. The Labute approximate surface area is 168 Å². The van der Waals surface area contributed by atoms with Crippen molar-refractivity contribution in [1.82, 2.24) is 15.0 Å². The predicted molar refractivity (Wildman–Crippen MR) is 109 cm³/mol. The molecule has 0 bridgehead atoms. The van der Waals surface area contributed by atoms with Gasteiger partial charge in [-0.05, 0) is 11.6 Å². The fourth-order valence-corrected chi connectivity index (χ4v) is 3.15. The molecule has 0 spiro atoms. The zero-order valence-corrected chi connectivity index (χ0v) is 16.1. The lowest BCUT2D eigenvalue weighted by atomic mass is 9.87. The molecular formula is C20H21N7O2. The molecule has 0 fully saturated rings. The Balaban J connectivity index is 1.62. The first kappa shape index (κ1) is 18.6. The summed E-state index contributed by atoms with van der Waals surface area (Å²) in [7, 11) is 3.70. The predicted octanol–water partition coefficient (Wildman–Crippen LogP) is 1.25. The number of aromatic nitrogens is 3. The van der Waals surface area contributed by atoms with Gasteiger partial charge in [0.1, 0.15) is 5.71 Å². The maximum Gasteiger partial charge on any atom is 0.248 e. The number of carbonyl (C=O) groups is 1. The van der Waals surface area contributed by atoms with Gasteiger partial charge in [0, 0.05) is 20.6 Å². The van der Waals surface area contributed by atoms with Gasteiger partial charge >= 0.3 is 0 Å². The van der Waals surface area contributed by atoms with Crippen LogP contribution in [0.1, 0.15) is 11.4 Å². The topological polar surface area (TPSA) is 119 Å². The largest absolute Gasteiger partial charge is 0.386 e. The zero-order valence-electron chi connectivity index (χ0n) is 16.1. The molecule has 9 heteroatoms. The third-order valence-electron chi connectivity index (χ3n) is 4.64. The lowest BCUT2D eigenvalue weighted by molar-refractivity contribution is -0.116. The second kappa shape index (κ2) is 7.70. The lowest BCUT2D eigenvalue weighted by Gasteiger charge is -2.19. The van der Waals surface area contributed by atoms with E-state index in [0.717, 1.165) is 5.56 Å². The molecule has 2 atom stereocenters. The van der Waals surface area contributed by atoms with Gasteiger partial charge in [-0.3, -0.25) is 4.79 Å². The number of benzene rings is 1. The molecule has 3 N–H and O–H groups in total. The van der Waals surface area contributed by atoms with E-state index in [2.05, 4.69) is 25.4 Å². The van der Waals surface area contributed by atoms with Crippen molar-refractivity contribution in [3.05, 3.63) is 65.5 Å². The normalized spacial score (nSPS) is 19.7. The summed E-state index contributed by atoms with van der Waals surface area (Å²) in [4.78, 5) is 32.5. The van der Waals surface area contributed by atoms with Crippen molar-refractivity contribution in [2.75, 3.05) is 24.3 Å². The van der Waals surface area contributed by atoms with Gasteiger partial charge in [0.2, 0.25) is 17.8 Å². The Morgan fingerprint density at radius 3 is 2.72 bits per heavy atom. The SMILES string of the molecule is CN(C)c1nc(NCc2ccccc2)nc(C2=NOC3C(C(N)=O)=CC=CC23)n1. The molecule has 1 aromatic heterocycles. The van der Waals surface area contributed by atoms with E-state index in [4.69, 9.17) is 10.6 Å². The van der Waals surface area contributed by atoms with Crippen molar-refractivity contribution in [3.8, 4) is 0 Å². The van der Waals surface area contributed by atoms with Gasteiger partial charge in [0.05, 0.1) is 11.5 Å². The number of carbonyl (C=O) groups excluding carboxylic acids is 1. The summed E-state index contributed by atoms with van der Waals surface area (Å²) in [6, 6.07) is 9.96. The van der Waals surface area contributed by atoms with Crippen molar-refractivity contribution in [2.45, 2.75) is 12.6 Å². The monoisotopic (exact) mass is 391 g/mol. The molecule has 2 aliphatic rings. The van der Waals surface area contributed by atoms with Gasteiger partial charge in [-0.15, -0.1) is 0 Å². The van der Waals surface area contributed by atoms with Crippen LogP contribution in [0.5, 0.6) is 0 Å². The van der Waals surface area contributed by atoms with Crippen LogP contribution in [0.2, 0.25) is 0 Å². The van der Waals surface area contributed by atoms with Gasteiger partial charge in [-0.1, -0.05) is 47.6 Å². The first-order valence-corrected chi connectivity index (χ1v) is 9.16. The Morgan fingerprint density at radius 2 is 2.00 bits per heavy atom. The molecule has 0 saturated carbocycles. The highest BCUT2D eigenvalue weighted by Crippen LogP contribution is 2.31. The van der Waals surface area contributed by atoms with Crippen LogP contribution in [0.4, 0.5) is 11.9 Å². The molecule has 1 amide bonds. The minimum absolute atomic E-state index is 0.290. The van der Waals surface area contributed by atoms with Crippen LogP contribution in [0, 0.1) is 5.92 Å². The number of fused-ring (bicyclic) bond motifs is 1. The standard InChI is InChI=1S/C20H21N7O2/c1-27(2)20-24-18(23-19(25-20)22-11-12-7-4-3-5-8-12)15-13-9-6-10-14(17(21)28)16(13)29-26-15/h3-10,13,16H,11H2,1-2H3,(H2,21,28)(H,22,23,24,25). The lowest BCUT2D eigenvalue weighted by Crippen LogP contribution is -2.33. The number of amides is 1. The van der Waals surface area contributed by atoms with Crippen LogP contribution < -0.4 is 16.0 Å². The molecular weight excluding hydrogens is 370 g/mol. The van der Waals surface area contributed by atoms with Crippen molar-refractivity contribution in [2.24, 2.45) is 16.8 Å². The molecule has 148 valence electrons. The van der Waals surface area contributed by atoms with Crippen LogP contribution in [-0.2, 0) is 16.2 Å². The number of anilines is 2. The van der Waals surface area contributed by atoms with Gasteiger partial charge in [-0.25, -0.2) is 0 Å². The summed E-state index contributed by atoms with van der Waals surface area (Å²) >= 11 is 0. The third kappa shape index (κ3) is 3.79. The molecule has 2 heterocycles. The van der Waals surface area contributed by atoms with E-state index < -0.39 is 12.0 Å². The number of hydrogen-bond acceptors (Lipinski definition) is 8. The van der Waals surface area contributed by atoms with E-state index in [1.807, 2.05) is 50.5 Å². The minimum atomic E-state index is -0.562. The smallest absolute Gasteiger partial charge is 0.248 e. The number of primary amides is 1. The molecule has 29 heavy (non-hydrogen) atoms. The number of hydrogen-bond donors (Lipinski definition) is 2. The van der Waals surface area contributed by atoms with Crippen molar-refractivity contribution in [3.63, 3.8) is 0 Å². The number of allylic oxidation sites excluding steroid dienone is 2. The summed E-state index contributed by atoms with van der Waals surface area (Å²) in [6.07, 6.45) is 4.76. The molecule has 0 saturated heterocycles. The van der Waals surface area contributed by atoms with Gasteiger partial charge < -0.3 is 20.8 Å². The van der Waals surface area contributed by atoms with E-state index in [9.17, 15) is 4.79 Å². The molecule has 9 nitrogen and oxygen atoms in total. The summed E-state index contributed by atoms with van der Waals surface area (Å²) in [5, 5.41) is 7.39. The molecule has 1 aliphatic carbocycles. The van der Waals surface area contributed by atoms with Gasteiger partial charge in [-0.2, -0.15) is 15.0 Å². The first-order chi connectivity index (χ1) is 14.0. The second-order valence-corrected chi connectivity index (χ2v) is 6.92. The fraction of sp³-hybridized carbons (Fsp3) is 0.250. The quantitative estimate of drug-likeness (QED) is 0.761. The highest BCUT2D eigenvalue weighted by molar-refractivity contribution is 6.04. The van der Waals surface area contributed by atoms with E-state index >= 15 is 0 Å². The molecule has 1 aliphatic heterocycles. The second-order valence-electron chi connectivity index (χ2n) is 6.92. The number of nitrogens with two attached hydrogens (primary N) is 1. The van der Waals surface area contributed by atoms with Crippen molar-refractivity contribution < 1.29 is 9.63 Å². The van der Waals surface area contributed by atoms with Gasteiger partial charge in [0.25, 0.3) is 0 Å². The molecule has 2 unspecified atom stereocenters. The zero-order chi connectivity index (χ0) is 20.4. The maximum atomic E-state index is 11.7. The highest BCUT2D eigenvalue weighted by Gasteiger charge is 2.40. The van der Waals surface area contributed by atoms with Crippen LogP contribution >= 0.6 is 0 Å². The Morgan fingerprint density at radius 1 is 1.21 bits per heavy atom. The Kier molecular flexibility index (Phi) is 4.94. The van der Waals surface area contributed by atoms with E-state index in [1.54, 1.807) is 17.1 Å². The fourth-order valence-electron chi connectivity index (χ4n) is 3.15. The summed E-state index contributed by atoms with van der Waals surface area (Å²) in [5.41, 5.74) is 7.47. The summed E-state index contributed by atoms with van der Waals surface area (Å²) in [6.45, 7) is 0.570. The molecule has 0 radical (unpaired) electrons. The molecule has 2 aromatic rings. The van der Waals surface area contributed by atoms with Gasteiger partial charge in [0.15, 0.2) is 11.9 Å². The molecule has 4 rings (SSSR count). The highest BCUT2D eigenvalue weighted by atomic mass is 16.6. The number of nitrogens with zero attached hydrogens (tertiary/aromatic N) is 5. The van der Waals surface area contributed by atoms with E-state index in [-0.39, 0.29) is 5.92 Å². The van der Waals surface area contributed by atoms with Crippen LogP contribution in [0.25, 0.3) is 0 Å². The van der Waals surface area contributed by atoms with Crippen LogP contribution in [0.15, 0.2) is 59.3 Å². The minimum Gasteiger partial charge on any atom is -0.386 e. The average Bonchev–Trinajstić information content (AvgIpc) is 3.17. The van der Waals surface area contributed by atoms with Crippen LogP contribution in [-0.4, -0.2) is 46.8 Å². The number of rotatable bonds is 6. The third-order valence-corrected chi connectivity index (χ3v) is 4.64. The molecule has 1 aromatic carbocycles. The van der Waals surface area contributed by atoms with Crippen molar-refractivity contribution in [1.29, 1.82) is 0 Å². The van der Waals surface area contributed by atoms with E-state index in [0.29, 0.717) is 35.6 Å². The average molecular weight is 391 g/mol. The maximum absolute atomic E-state index is 11.7. The van der Waals surface area contributed by atoms with E-state index in [1.165, 1.54) is 0 Å². The Bertz CT molecular complexity index is 1010.